The summed E-state index contributed by atoms with van der Waals surface area (Å²) in [6, 6.07) is 14.6. The minimum absolute atomic E-state index is 0.806. The molecule has 2 aromatic rings. The molecule has 0 amide bonds. The Morgan fingerprint density at radius 1 is 1.00 bits per heavy atom. The third-order valence-electron chi connectivity index (χ3n) is 2.85. The molecule has 1 N–H and O–H groups in total. The van der Waals surface area contributed by atoms with E-state index in [1.165, 1.54) is 16.7 Å². The van der Waals surface area contributed by atoms with Gasteiger partial charge in [-0.05, 0) is 54.8 Å². The van der Waals surface area contributed by atoms with Gasteiger partial charge in [0.15, 0.2) is 0 Å². The lowest BCUT2D eigenvalue weighted by molar-refractivity contribution is 0.414. The Morgan fingerprint density at radius 3 is 2.39 bits per heavy atom. The molecule has 0 fully saturated rings. The summed E-state index contributed by atoms with van der Waals surface area (Å²) < 4.78 is 5.22. The number of hydrogen-bond acceptors (Lipinski definition) is 2. The van der Waals surface area contributed by atoms with Gasteiger partial charge >= 0.3 is 0 Å². The van der Waals surface area contributed by atoms with Crippen molar-refractivity contribution in [3.63, 3.8) is 0 Å². The molecule has 0 saturated carbocycles. The fourth-order valence-corrected chi connectivity index (χ4v) is 2.06. The number of ether oxygens (including phenoxy) is 1. The van der Waals surface area contributed by atoms with Gasteiger partial charge < -0.3 is 10.1 Å². The van der Waals surface area contributed by atoms with Crippen LogP contribution in [-0.4, -0.2) is 7.11 Å². The van der Waals surface area contributed by atoms with Gasteiger partial charge in [-0.3, -0.25) is 0 Å². The molecule has 0 radical (unpaired) electrons. The van der Waals surface area contributed by atoms with Crippen molar-refractivity contribution in [1.82, 2.24) is 0 Å². The molecular weight excluding hydrogens is 222 g/mol. The highest BCUT2D eigenvalue weighted by Gasteiger charge is 1.98. The second kappa shape index (κ2) is 5.58. The van der Waals surface area contributed by atoms with E-state index in [1.54, 1.807) is 7.11 Å². The molecule has 0 unspecified atom stereocenters. The van der Waals surface area contributed by atoms with E-state index < -0.39 is 0 Å². The molecular formula is C16H19NO. The molecule has 0 aliphatic rings. The SMILES string of the molecule is COc1cccc(CNc2cc(C)cc(C)c2)c1. The van der Waals surface area contributed by atoms with Crippen molar-refractivity contribution in [2.24, 2.45) is 0 Å². The third kappa shape index (κ3) is 3.27. The average Bonchev–Trinajstić information content (AvgIpc) is 2.35. The van der Waals surface area contributed by atoms with Crippen molar-refractivity contribution in [1.29, 1.82) is 0 Å². The maximum Gasteiger partial charge on any atom is 0.119 e. The first kappa shape index (κ1) is 12.5. The summed E-state index contributed by atoms with van der Waals surface area (Å²) in [7, 11) is 1.69. The fourth-order valence-electron chi connectivity index (χ4n) is 2.06. The van der Waals surface area contributed by atoms with Crippen LogP contribution in [0.4, 0.5) is 5.69 Å². The molecule has 0 aliphatic carbocycles. The van der Waals surface area contributed by atoms with Crippen molar-refractivity contribution in [2.45, 2.75) is 20.4 Å². The molecule has 0 saturated heterocycles. The van der Waals surface area contributed by atoms with Crippen molar-refractivity contribution >= 4 is 5.69 Å². The molecule has 0 spiro atoms. The summed E-state index contributed by atoms with van der Waals surface area (Å²) >= 11 is 0. The number of rotatable bonds is 4. The molecule has 0 atom stereocenters. The molecule has 2 rings (SSSR count). The first-order valence-corrected chi connectivity index (χ1v) is 6.12. The maximum absolute atomic E-state index is 5.22. The Hall–Kier alpha value is -1.96. The first-order valence-electron chi connectivity index (χ1n) is 6.12. The van der Waals surface area contributed by atoms with Crippen LogP contribution in [0.25, 0.3) is 0 Å². The normalized spacial score (nSPS) is 10.2. The summed E-state index contributed by atoms with van der Waals surface area (Å²) in [6.07, 6.45) is 0. The molecule has 2 heteroatoms. The van der Waals surface area contributed by atoms with Crippen LogP contribution in [0.1, 0.15) is 16.7 Å². The maximum atomic E-state index is 5.22. The van der Waals surface area contributed by atoms with Gasteiger partial charge in [0.25, 0.3) is 0 Å². The van der Waals surface area contributed by atoms with Crippen LogP contribution in [0.15, 0.2) is 42.5 Å². The van der Waals surface area contributed by atoms with E-state index >= 15 is 0 Å². The minimum atomic E-state index is 0.806. The fraction of sp³-hybridized carbons (Fsp3) is 0.250. The topological polar surface area (TPSA) is 21.3 Å². The van der Waals surface area contributed by atoms with Gasteiger partial charge in [0.05, 0.1) is 7.11 Å². The quantitative estimate of drug-likeness (QED) is 0.875. The van der Waals surface area contributed by atoms with E-state index in [-0.39, 0.29) is 0 Å². The highest BCUT2D eigenvalue weighted by atomic mass is 16.5. The van der Waals surface area contributed by atoms with Gasteiger partial charge in [-0.2, -0.15) is 0 Å². The third-order valence-corrected chi connectivity index (χ3v) is 2.85. The van der Waals surface area contributed by atoms with Crippen molar-refractivity contribution in [2.75, 3.05) is 12.4 Å². The number of methoxy groups -OCH3 is 1. The Labute approximate surface area is 109 Å². The van der Waals surface area contributed by atoms with E-state index in [1.807, 2.05) is 12.1 Å². The van der Waals surface area contributed by atoms with E-state index in [0.29, 0.717) is 0 Å². The number of anilines is 1. The van der Waals surface area contributed by atoms with Crippen LogP contribution in [0.5, 0.6) is 5.75 Å². The number of benzene rings is 2. The second-order valence-electron chi connectivity index (χ2n) is 4.58. The summed E-state index contributed by atoms with van der Waals surface area (Å²) in [6.45, 7) is 5.04. The highest BCUT2D eigenvalue weighted by Crippen LogP contribution is 2.17. The van der Waals surface area contributed by atoms with Crippen molar-refractivity contribution in [3.05, 3.63) is 59.2 Å². The zero-order chi connectivity index (χ0) is 13.0. The van der Waals surface area contributed by atoms with Crippen LogP contribution >= 0.6 is 0 Å². The molecule has 0 heterocycles. The van der Waals surface area contributed by atoms with Crippen LogP contribution in [0, 0.1) is 13.8 Å². The smallest absolute Gasteiger partial charge is 0.119 e. The molecule has 2 nitrogen and oxygen atoms in total. The standard InChI is InChI=1S/C16H19NO/c1-12-7-13(2)9-15(8-12)17-11-14-5-4-6-16(10-14)18-3/h4-10,17H,11H2,1-3H3. The molecule has 18 heavy (non-hydrogen) atoms. The Kier molecular flexibility index (Phi) is 3.88. The zero-order valence-corrected chi connectivity index (χ0v) is 11.2. The van der Waals surface area contributed by atoms with Gasteiger partial charge in [0.2, 0.25) is 0 Å². The van der Waals surface area contributed by atoms with E-state index in [2.05, 4.69) is 49.5 Å². The molecule has 0 aromatic heterocycles. The van der Waals surface area contributed by atoms with Gasteiger partial charge in [0, 0.05) is 12.2 Å². The predicted molar refractivity (Wildman–Crippen MR) is 76.2 cm³/mol. The van der Waals surface area contributed by atoms with Gasteiger partial charge in [-0.25, -0.2) is 0 Å². The van der Waals surface area contributed by atoms with Crippen molar-refractivity contribution < 1.29 is 4.74 Å². The van der Waals surface area contributed by atoms with Crippen molar-refractivity contribution in [3.8, 4) is 5.75 Å². The van der Waals surface area contributed by atoms with E-state index in [0.717, 1.165) is 18.0 Å². The zero-order valence-electron chi connectivity index (χ0n) is 11.2. The summed E-state index contributed by atoms with van der Waals surface area (Å²) in [5, 5.41) is 3.44. The van der Waals surface area contributed by atoms with Gasteiger partial charge in [-0.15, -0.1) is 0 Å². The first-order chi connectivity index (χ1) is 8.67. The van der Waals surface area contributed by atoms with Crippen LogP contribution in [0.2, 0.25) is 0 Å². The van der Waals surface area contributed by atoms with E-state index in [9.17, 15) is 0 Å². The van der Waals surface area contributed by atoms with E-state index in [4.69, 9.17) is 4.74 Å². The lowest BCUT2D eigenvalue weighted by Crippen LogP contribution is -2.00. The second-order valence-corrected chi connectivity index (χ2v) is 4.58. The Balaban J connectivity index is 2.06. The summed E-state index contributed by atoms with van der Waals surface area (Å²) in [5.74, 6) is 0.898. The van der Waals surface area contributed by atoms with Crippen LogP contribution in [0.3, 0.4) is 0 Å². The molecule has 0 bridgehead atoms. The van der Waals surface area contributed by atoms with Gasteiger partial charge in [-0.1, -0.05) is 18.2 Å². The molecule has 94 valence electrons. The Morgan fingerprint density at radius 2 is 1.72 bits per heavy atom. The summed E-state index contributed by atoms with van der Waals surface area (Å²) in [5.41, 5.74) is 4.94. The minimum Gasteiger partial charge on any atom is -0.497 e. The average molecular weight is 241 g/mol. The number of hydrogen-bond donors (Lipinski definition) is 1. The predicted octanol–water partition coefficient (Wildman–Crippen LogP) is 3.92. The van der Waals surface area contributed by atoms with Gasteiger partial charge in [0.1, 0.15) is 5.75 Å². The number of nitrogens with one attached hydrogen (secondary N) is 1. The largest absolute Gasteiger partial charge is 0.497 e. The molecule has 0 aliphatic heterocycles. The van der Waals surface area contributed by atoms with Crippen LogP contribution in [-0.2, 0) is 6.54 Å². The lowest BCUT2D eigenvalue weighted by Gasteiger charge is -2.09. The highest BCUT2D eigenvalue weighted by molar-refractivity contribution is 5.49. The number of aryl methyl sites for hydroxylation is 2. The van der Waals surface area contributed by atoms with Crippen LogP contribution < -0.4 is 10.1 Å². The Bertz CT molecular complexity index is 514. The monoisotopic (exact) mass is 241 g/mol. The lowest BCUT2D eigenvalue weighted by atomic mass is 10.1. The summed E-state index contributed by atoms with van der Waals surface area (Å²) in [4.78, 5) is 0. The molecule has 2 aromatic carbocycles.